The second-order valence-corrected chi connectivity index (χ2v) is 7.01. The molecule has 1 saturated heterocycles. The fraction of sp³-hybridized carbons (Fsp3) is 0.882. The molecule has 24 heavy (non-hydrogen) atoms. The van der Waals surface area contributed by atoms with Crippen molar-refractivity contribution in [2.75, 3.05) is 53.9 Å². The molecule has 0 bridgehead atoms. The monoisotopic (exact) mass is 453 g/mol. The van der Waals surface area contributed by atoms with Gasteiger partial charge in [0.25, 0.3) is 0 Å². The minimum absolute atomic E-state index is 0. The summed E-state index contributed by atoms with van der Waals surface area (Å²) in [6.07, 6.45) is 2.52. The van der Waals surface area contributed by atoms with Gasteiger partial charge >= 0.3 is 0 Å². The van der Waals surface area contributed by atoms with Gasteiger partial charge in [0.05, 0.1) is 0 Å². The van der Waals surface area contributed by atoms with Crippen LogP contribution in [-0.2, 0) is 4.79 Å². The molecule has 0 spiro atoms. The van der Waals surface area contributed by atoms with E-state index in [0.29, 0.717) is 12.0 Å². The summed E-state index contributed by atoms with van der Waals surface area (Å²) < 4.78 is 0. The maximum Gasteiger partial charge on any atom is 0.243 e. The van der Waals surface area contributed by atoms with E-state index in [1.807, 2.05) is 0 Å². The number of likely N-dealkylation sites (N-methyl/N-ethyl adjacent to an activating group) is 3. The Morgan fingerprint density at radius 2 is 2.00 bits per heavy atom. The molecule has 1 amide bonds. The van der Waals surface area contributed by atoms with E-state index in [0.717, 1.165) is 25.6 Å². The van der Waals surface area contributed by atoms with E-state index >= 15 is 0 Å². The highest BCUT2D eigenvalue weighted by atomic mass is 127. The molecule has 0 aliphatic carbocycles. The number of hydrogen-bond acceptors (Lipinski definition) is 3. The number of carbonyl (C=O) groups is 1. The number of rotatable bonds is 7. The first kappa shape index (κ1) is 23.4. The Balaban J connectivity index is 0.00000529. The topological polar surface area (TPSA) is 51.2 Å². The Bertz CT molecular complexity index is 400. The van der Waals surface area contributed by atoms with Gasteiger partial charge in [-0.15, -0.1) is 24.0 Å². The normalized spacial score (nSPS) is 18.5. The molecule has 1 aliphatic heterocycles. The fourth-order valence-corrected chi connectivity index (χ4v) is 2.81. The molecule has 1 N–H and O–H groups in total. The van der Waals surface area contributed by atoms with Crippen LogP contribution in [0.5, 0.6) is 0 Å². The van der Waals surface area contributed by atoms with Gasteiger partial charge in [0.2, 0.25) is 5.91 Å². The maximum atomic E-state index is 11.8. The first-order valence-corrected chi connectivity index (χ1v) is 8.78. The van der Waals surface area contributed by atoms with Crippen LogP contribution in [0.2, 0.25) is 0 Å². The number of aliphatic imine (C=N–C) groups is 1. The Morgan fingerprint density at radius 1 is 1.33 bits per heavy atom. The van der Waals surface area contributed by atoms with Crippen LogP contribution in [0, 0.1) is 5.92 Å². The minimum Gasteiger partial charge on any atom is -0.356 e. The van der Waals surface area contributed by atoms with E-state index in [1.54, 1.807) is 19.0 Å². The summed E-state index contributed by atoms with van der Waals surface area (Å²) >= 11 is 0. The molecule has 0 aromatic heterocycles. The molecule has 0 radical (unpaired) electrons. The first-order valence-electron chi connectivity index (χ1n) is 8.78. The van der Waals surface area contributed by atoms with Crippen molar-refractivity contribution in [3.8, 4) is 0 Å². The zero-order valence-electron chi connectivity index (χ0n) is 16.2. The molecular weight excluding hydrogens is 417 g/mol. The third kappa shape index (κ3) is 8.00. The number of guanidine groups is 1. The fourth-order valence-electron chi connectivity index (χ4n) is 2.81. The van der Waals surface area contributed by atoms with E-state index < -0.39 is 0 Å². The van der Waals surface area contributed by atoms with Gasteiger partial charge in [-0.25, -0.2) is 4.99 Å². The molecule has 1 atom stereocenters. The minimum atomic E-state index is 0. The Morgan fingerprint density at radius 3 is 2.54 bits per heavy atom. The number of carbonyl (C=O) groups excluding carboxylic acids is 1. The molecule has 142 valence electrons. The third-order valence-corrected chi connectivity index (χ3v) is 4.28. The molecule has 1 unspecified atom stereocenters. The second-order valence-electron chi connectivity index (χ2n) is 7.01. The van der Waals surface area contributed by atoms with Crippen LogP contribution in [-0.4, -0.2) is 86.5 Å². The van der Waals surface area contributed by atoms with Crippen molar-refractivity contribution in [1.29, 1.82) is 0 Å². The molecule has 0 aromatic rings. The standard InChI is InChI=1S/C17H35N5O.HI/c1-7-22-10-8-9-15(22)13-21(6)17(18-11-14(2)3)19-12-16(23)20(4)5;/h14-15H,7-13H2,1-6H3,(H,18,19);1H. The molecule has 0 aromatic carbocycles. The number of likely N-dealkylation sites (tertiary alicyclic amines) is 1. The van der Waals surface area contributed by atoms with Crippen LogP contribution in [0.1, 0.15) is 33.6 Å². The van der Waals surface area contributed by atoms with Gasteiger partial charge in [-0.3, -0.25) is 9.69 Å². The Labute approximate surface area is 165 Å². The van der Waals surface area contributed by atoms with Crippen molar-refractivity contribution in [2.24, 2.45) is 10.9 Å². The van der Waals surface area contributed by atoms with Crippen LogP contribution in [0.15, 0.2) is 4.99 Å². The average Bonchev–Trinajstić information content (AvgIpc) is 2.93. The molecule has 1 fully saturated rings. The van der Waals surface area contributed by atoms with Gasteiger partial charge < -0.3 is 15.1 Å². The Hall–Kier alpha value is -0.570. The lowest BCUT2D eigenvalue weighted by molar-refractivity contribution is -0.127. The van der Waals surface area contributed by atoms with Crippen LogP contribution in [0.3, 0.4) is 0 Å². The summed E-state index contributed by atoms with van der Waals surface area (Å²) in [6.45, 7) is 10.9. The number of nitrogens with zero attached hydrogens (tertiary/aromatic N) is 4. The highest BCUT2D eigenvalue weighted by Gasteiger charge is 2.25. The number of nitrogens with one attached hydrogen (secondary N) is 1. The van der Waals surface area contributed by atoms with E-state index in [1.165, 1.54) is 19.4 Å². The molecular formula is C17H36IN5O. The van der Waals surface area contributed by atoms with E-state index in [-0.39, 0.29) is 36.4 Å². The van der Waals surface area contributed by atoms with Gasteiger partial charge in [0.1, 0.15) is 6.54 Å². The van der Waals surface area contributed by atoms with Gasteiger partial charge in [-0.1, -0.05) is 20.8 Å². The molecule has 0 saturated carbocycles. The van der Waals surface area contributed by atoms with Crippen molar-refractivity contribution in [3.63, 3.8) is 0 Å². The largest absolute Gasteiger partial charge is 0.356 e. The molecule has 1 heterocycles. The zero-order chi connectivity index (χ0) is 17.4. The van der Waals surface area contributed by atoms with Gasteiger partial charge in [-0.2, -0.15) is 0 Å². The third-order valence-electron chi connectivity index (χ3n) is 4.28. The number of hydrogen-bond donors (Lipinski definition) is 1. The summed E-state index contributed by atoms with van der Waals surface area (Å²) in [7, 11) is 5.60. The first-order chi connectivity index (χ1) is 10.8. The average molecular weight is 453 g/mol. The van der Waals surface area contributed by atoms with Crippen LogP contribution >= 0.6 is 24.0 Å². The number of amides is 1. The lowest BCUT2D eigenvalue weighted by atomic mass is 10.2. The number of halogens is 1. The highest BCUT2D eigenvalue weighted by molar-refractivity contribution is 14.0. The molecule has 1 rings (SSSR count). The Kier molecular flexibility index (Phi) is 11.6. The van der Waals surface area contributed by atoms with Crippen LogP contribution in [0.4, 0.5) is 0 Å². The van der Waals surface area contributed by atoms with Crippen molar-refractivity contribution in [3.05, 3.63) is 0 Å². The van der Waals surface area contributed by atoms with Crippen LogP contribution < -0.4 is 5.32 Å². The second kappa shape index (κ2) is 11.9. The summed E-state index contributed by atoms with van der Waals surface area (Å²) in [6, 6.07) is 0.584. The van der Waals surface area contributed by atoms with E-state index in [9.17, 15) is 4.79 Å². The molecule has 1 aliphatic rings. The van der Waals surface area contributed by atoms with Crippen molar-refractivity contribution >= 4 is 35.8 Å². The summed E-state index contributed by atoms with van der Waals surface area (Å²) in [5, 5.41) is 3.41. The van der Waals surface area contributed by atoms with Gasteiger partial charge in [0.15, 0.2) is 5.96 Å². The van der Waals surface area contributed by atoms with E-state index in [2.05, 4.69) is 47.9 Å². The summed E-state index contributed by atoms with van der Waals surface area (Å²) in [5.41, 5.74) is 0. The van der Waals surface area contributed by atoms with Crippen LogP contribution in [0.25, 0.3) is 0 Å². The summed E-state index contributed by atoms with van der Waals surface area (Å²) in [4.78, 5) is 22.6. The van der Waals surface area contributed by atoms with Crippen molar-refractivity contribution in [2.45, 2.75) is 39.7 Å². The zero-order valence-corrected chi connectivity index (χ0v) is 18.5. The van der Waals surface area contributed by atoms with Crippen molar-refractivity contribution in [1.82, 2.24) is 20.0 Å². The lowest BCUT2D eigenvalue weighted by Crippen LogP contribution is -2.47. The van der Waals surface area contributed by atoms with E-state index in [4.69, 9.17) is 0 Å². The predicted octanol–water partition coefficient (Wildman–Crippen LogP) is 1.71. The maximum absolute atomic E-state index is 11.8. The molecule has 7 heteroatoms. The smallest absolute Gasteiger partial charge is 0.243 e. The SMILES string of the molecule is CCN1CCCC1CN(C)C(=NCC(=O)N(C)C)NCC(C)C.I. The van der Waals surface area contributed by atoms with Crippen molar-refractivity contribution < 1.29 is 4.79 Å². The lowest BCUT2D eigenvalue weighted by Gasteiger charge is -2.30. The highest BCUT2D eigenvalue weighted by Crippen LogP contribution is 2.17. The summed E-state index contributed by atoms with van der Waals surface area (Å²) in [5.74, 6) is 1.40. The quantitative estimate of drug-likeness (QED) is 0.362. The predicted molar refractivity (Wildman–Crippen MR) is 112 cm³/mol. The van der Waals surface area contributed by atoms with Gasteiger partial charge in [0, 0.05) is 40.3 Å². The van der Waals surface area contributed by atoms with Gasteiger partial charge in [-0.05, 0) is 31.8 Å². The molecule has 6 nitrogen and oxygen atoms in total.